The zero-order chi connectivity index (χ0) is 16.2. The third kappa shape index (κ3) is 3.71. The molecule has 0 saturated carbocycles. The minimum atomic E-state index is -0.0194. The molecule has 0 spiro atoms. The van der Waals surface area contributed by atoms with Gasteiger partial charge >= 0.3 is 0 Å². The molecule has 1 heterocycles. The molecule has 3 aromatic rings. The van der Waals surface area contributed by atoms with Crippen LogP contribution in [0.25, 0.3) is 10.9 Å². The van der Waals surface area contributed by atoms with Crippen molar-refractivity contribution >= 4 is 34.3 Å². The average Bonchev–Trinajstić information content (AvgIpc) is 2.56. The number of benzene rings is 2. The molecule has 3 nitrogen and oxygen atoms in total. The molecule has 1 N–H and O–H groups in total. The van der Waals surface area contributed by atoms with Crippen LogP contribution in [0.3, 0.4) is 0 Å². The number of anilines is 1. The Morgan fingerprint density at radius 2 is 1.96 bits per heavy atom. The van der Waals surface area contributed by atoms with Crippen molar-refractivity contribution in [3.63, 3.8) is 0 Å². The van der Waals surface area contributed by atoms with Gasteiger partial charge in [-0.05, 0) is 37.6 Å². The lowest BCUT2D eigenvalue weighted by molar-refractivity contribution is -0.113. The van der Waals surface area contributed by atoms with Crippen molar-refractivity contribution in [2.75, 3.05) is 11.1 Å². The summed E-state index contributed by atoms with van der Waals surface area (Å²) >= 11 is 1.56. The predicted molar refractivity (Wildman–Crippen MR) is 97.0 cm³/mol. The van der Waals surface area contributed by atoms with E-state index >= 15 is 0 Å². The van der Waals surface area contributed by atoms with Crippen LogP contribution in [-0.4, -0.2) is 16.6 Å². The van der Waals surface area contributed by atoms with Crippen LogP contribution in [0.2, 0.25) is 0 Å². The molecule has 3 rings (SSSR count). The van der Waals surface area contributed by atoms with Crippen LogP contribution >= 0.6 is 11.8 Å². The molecule has 0 fully saturated rings. The molecule has 0 atom stereocenters. The molecule has 1 amide bonds. The van der Waals surface area contributed by atoms with Gasteiger partial charge in [-0.15, -0.1) is 11.8 Å². The molecular weight excluding hydrogens is 304 g/mol. The molecule has 0 radical (unpaired) electrons. The number of pyridine rings is 1. The Balaban J connectivity index is 1.70. The maximum Gasteiger partial charge on any atom is 0.234 e. The van der Waals surface area contributed by atoms with Gasteiger partial charge in [0.2, 0.25) is 5.91 Å². The van der Waals surface area contributed by atoms with Gasteiger partial charge in [0.25, 0.3) is 0 Å². The van der Waals surface area contributed by atoms with Crippen molar-refractivity contribution in [1.29, 1.82) is 0 Å². The first-order chi connectivity index (χ1) is 11.1. The summed E-state index contributed by atoms with van der Waals surface area (Å²) in [6, 6.07) is 16.0. The number of para-hydroxylation sites is 1. The number of carbonyl (C=O) groups is 1. The normalized spacial score (nSPS) is 10.7. The highest BCUT2D eigenvalue weighted by Gasteiger charge is 2.08. The molecule has 0 saturated heterocycles. The van der Waals surface area contributed by atoms with Gasteiger partial charge in [-0.25, -0.2) is 0 Å². The van der Waals surface area contributed by atoms with Crippen LogP contribution in [-0.2, 0) is 4.79 Å². The van der Waals surface area contributed by atoms with E-state index in [1.54, 1.807) is 18.0 Å². The van der Waals surface area contributed by atoms with E-state index in [9.17, 15) is 4.79 Å². The van der Waals surface area contributed by atoms with Gasteiger partial charge in [-0.2, -0.15) is 0 Å². The van der Waals surface area contributed by atoms with Crippen LogP contribution in [0.5, 0.6) is 0 Å². The second-order valence-electron chi connectivity index (χ2n) is 5.49. The fourth-order valence-electron chi connectivity index (χ4n) is 2.40. The monoisotopic (exact) mass is 322 g/mol. The summed E-state index contributed by atoms with van der Waals surface area (Å²) in [5.41, 5.74) is 3.98. The van der Waals surface area contributed by atoms with Gasteiger partial charge in [0.15, 0.2) is 0 Å². The number of aromatic nitrogens is 1. The van der Waals surface area contributed by atoms with E-state index < -0.39 is 0 Å². The minimum Gasteiger partial charge on any atom is -0.323 e. The van der Waals surface area contributed by atoms with Crippen LogP contribution in [0.4, 0.5) is 5.69 Å². The summed E-state index contributed by atoms with van der Waals surface area (Å²) in [5.74, 6) is 0.363. The summed E-state index contributed by atoms with van der Waals surface area (Å²) in [6.07, 6.45) is 1.74. The molecule has 0 aliphatic carbocycles. The fourth-order valence-corrected chi connectivity index (χ4v) is 3.32. The lowest BCUT2D eigenvalue weighted by Crippen LogP contribution is -2.14. The molecular formula is C19H18N2OS. The Kier molecular flexibility index (Phi) is 4.63. The lowest BCUT2D eigenvalue weighted by atomic mass is 10.2. The van der Waals surface area contributed by atoms with Crippen molar-refractivity contribution < 1.29 is 4.79 Å². The summed E-state index contributed by atoms with van der Waals surface area (Å²) in [7, 11) is 0. The number of hydrogen-bond acceptors (Lipinski definition) is 3. The van der Waals surface area contributed by atoms with Gasteiger partial charge in [-0.3, -0.25) is 9.78 Å². The molecule has 0 aliphatic heterocycles. The van der Waals surface area contributed by atoms with Crippen molar-refractivity contribution in [3.8, 4) is 0 Å². The van der Waals surface area contributed by atoms with Crippen molar-refractivity contribution in [2.45, 2.75) is 18.7 Å². The number of rotatable bonds is 4. The van der Waals surface area contributed by atoms with Gasteiger partial charge in [0.05, 0.1) is 17.0 Å². The number of carbonyl (C=O) groups excluding carboxylic acids is 1. The van der Waals surface area contributed by atoms with Crippen molar-refractivity contribution in [2.24, 2.45) is 0 Å². The molecule has 0 unspecified atom stereocenters. The van der Waals surface area contributed by atoms with Crippen LogP contribution in [0, 0.1) is 13.8 Å². The van der Waals surface area contributed by atoms with E-state index in [-0.39, 0.29) is 5.91 Å². The highest BCUT2D eigenvalue weighted by molar-refractivity contribution is 8.00. The van der Waals surface area contributed by atoms with E-state index in [1.165, 1.54) is 11.1 Å². The first kappa shape index (κ1) is 15.6. The molecule has 23 heavy (non-hydrogen) atoms. The summed E-state index contributed by atoms with van der Waals surface area (Å²) < 4.78 is 0. The SMILES string of the molecule is Cc1ccc(C)c(SCC(=O)Nc2cccc3cccnc23)c1. The highest BCUT2D eigenvalue weighted by atomic mass is 32.2. The topological polar surface area (TPSA) is 42.0 Å². The van der Waals surface area contributed by atoms with E-state index in [0.717, 1.165) is 21.5 Å². The van der Waals surface area contributed by atoms with E-state index in [1.807, 2.05) is 30.3 Å². The molecule has 0 bridgehead atoms. The maximum atomic E-state index is 12.3. The lowest BCUT2D eigenvalue weighted by Gasteiger charge is -2.09. The summed E-state index contributed by atoms with van der Waals surface area (Å²) in [6.45, 7) is 4.12. The second-order valence-corrected chi connectivity index (χ2v) is 6.50. The standard InChI is InChI=1S/C19H18N2OS/c1-13-8-9-14(2)17(11-13)23-12-18(22)21-16-7-3-5-15-6-4-10-20-19(15)16/h3-11H,12H2,1-2H3,(H,21,22). The van der Waals surface area contributed by atoms with Crippen LogP contribution in [0.15, 0.2) is 59.6 Å². The Hall–Kier alpha value is -2.33. The third-order valence-corrected chi connectivity index (χ3v) is 4.77. The quantitative estimate of drug-likeness (QED) is 0.715. The van der Waals surface area contributed by atoms with E-state index in [0.29, 0.717) is 5.75 Å². The molecule has 4 heteroatoms. The Morgan fingerprint density at radius 3 is 2.83 bits per heavy atom. The van der Waals surface area contributed by atoms with Crippen LogP contribution in [0.1, 0.15) is 11.1 Å². The maximum absolute atomic E-state index is 12.3. The summed E-state index contributed by atoms with van der Waals surface area (Å²) in [4.78, 5) is 17.8. The van der Waals surface area contributed by atoms with Crippen LogP contribution < -0.4 is 5.32 Å². The number of amides is 1. The number of nitrogens with zero attached hydrogens (tertiary/aromatic N) is 1. The number of hydrogen-bond donors (Lipinski definition) is 1. The number of thioether (sulfide) groups is 1. The van der Waals surface area contributed by atoms with Gasteiger partial charge in [0, 0.05) is 16.5 Å². The zero-order valence-corrected chi connectivity index (χ0v) is 14.0. The Morgan fingerprint density at radius 1 is 1.13 bits per heavy atom. The number of fused-ring (bicyclic) bond motifs is 1. The number of aryl methyl sites for hydroxylation is 2. The first-order valence-corrected chi connectivity index (χ1v) is 8.46. The molecule has 116 valence electrons. The van der Waals surface area contributed by atoms with E-state index in [4.69, 9.17) is 0 Å². The third-order valence-electron chi connectivity index (χ3n) is 3.61. The molecule has 1 aromatic heterocycles. The van der Waals surface area contributed by atoms with Crippen molar-refractivity contribution in [1.82, 2.24) is 4.98 Å². The highest BCUT2D eigenvalue weighted by Crippen LogP contribution is 2.25. The predicted octanol–water partition coefficient (Wildman–Crippen LogP) is 4.58. The largest absolute Gasteiger partial charge is 0.323 e. The van der Waals surface area contributed by atoms with Gasteiger partial charge in [-0.1, -0.05) is 35.9 Å². The number of nitrogens with one attached hydrogen (secondary N) is 1. The first-order valence-electron chi connectivity index (χ1n) is 7.47. The molecule has 0 aliphatic rings. The average molecular weight is 322 g/mol. The van der Waals surface area contributed by atoms with Gasteiger partial charge in [0.1, 0.15) is 0 Å². The van der Waals surface area contributed by atoms with E-state index in [2.05, 4.69) is 42.3 Å². The zero-order valence-electron chi connectivity index (χ0n) is 13.2. The smallest absolute Gasteiger partial charge is 0.234 e. The Labute approximate surface area is 140 Å². The molecule has 2 aromatic carbocycles. The summed E-state index contributed by atoms with van der Waals surface area (Å²) in [5, 5.41) is 3.99. The van der Waals surface area contributed by atoms with Crippen molar-refractivity contribution in [3.05, 3.63) is 65.9 Å². The Bertz CT molecular complexity index is 856. The fraction of sp³-hybridized carbons (Fsp3) is 0.158. The van der Waals surface area contributed by atoms with Gasteiger partial charge < -0.3 is 5.32 Å². The minimum absolute atomic E-state index is 0.0194. The second kappa shape index (κ2) is 6.84.